The molecule has 2 aliphatic rings. The third-order valence-corrected chi connectivity index (χ3v) is 12.9. The number of hydrogen-bond acceptors (Lipinski definition) is 10. The van der Waals surface area contributed by atoms with Gasteiger partial charge in [-0.05, 0) is 128 Å². The minimum Gasteiger partial charge on any atom is -0.353 e. The van der Waals surface area contributed by atoms with Crippen molar-refractivity contribution in [3.8, 4) is 0 Å². The van der Waals surface area contributed by atoms with E-state index in [0.717, 1.165) is 49.2 Å². The number of rotatable bonds is 24. The highest BCUT2D eigenvalue weighted by Crippen LogP contribution is 2.29. The maximum absolute atomic E-state index is 13.9. The average Bonchev–Trinajstić information content (AvgIpc) is 3.71. The Bertz CT molecular complexity index is 2080. The molecule has 1 heterocycles. The zero-order valence-corrected chi connectivity index (χ0v) is 51.1. The number of benzene rings is 1. The minimum absolute atomic E-state index is 0.0589. The molecule has 5 atom stereocenters. The lowest BCUT2D eigenvalue weighted by molar-refractivity contribution is -0.138. The number of amides is 9. The standard InChI is InChI=1S/C49H81N10O9P.2C4H10/c1-30(2)25-36(41(63)56-49(8,9)46(68)57-48(6,7)44(66)50-23-24-58(10)11)53-38(60)27-52-45(67)47(4,5)55-39(61)28-51-40(62)35(22-17-32-15-13-12-14-16-32)54-42(64)37-26-31(3)29-59(37)43(65)33-18-20-34(69)21-19-33;2*1-4(2)3/h18-21,30-32,35-37H,12-17,22-29,69H2,1-11H3,(H,50,66)(H,51,62)(H,52,67)(H,53,60)(H,54,64)(H,55,61)(H,56,63)(H,57,68);2*4H,1-3H3/t31?,35-,36-,37-;;/m0../s1. The second kappa shape index (κ2) is 33.3. The van der Waals surface area contributed by atoms with Crippen LogP contribution in [0.2, 0.25) is 0 Å². The SMILES string of the molecule is CC(C)C.CC(C)C.CC(C)C[C@H](NC(=O)CNC(=O)C(C)(C)NC(=O)CNC(=O)[C@H](CCC1CCCCC1)NC(=O)[C@@H]1CC(C)CN1C(=O)c1ccc(P)cc1)C(=O)NC(C)(C)C(=O)NC(C)(C)C(=O)NCCN(C)C. The fourth-order valence-electron chi connectivity index (χ4n) is 8.36. The summed E-state index contributed by atoms with van der Waals surface area (Å²) in [6.07, 6.45) is 7.12. The summed E-state index contributed by atoms with van der Waals surface area (Å²) in [5.74, 6) is -2.99. The van der Waals surface area contributed by atoms with Gasteiger partial charge in [0.05, 0.1) is 13.1 Å². The van der Waals surface area contributed by atoms with Gasteiger partial charge in [-0.1, -0.05) is 107 Å². The molecule has 9 amide bonds. The Kier molecular flexibility index (Phi) is 30.2. The summed E-state index contributed by atoms with van der Waals surface area (Å²) in [4.78, 5) is 124. The molecule has 1 saturated heterocycles. The van der Waals surface area contributed by atoms with Gasteiger partial charge >= 0.3 is 0 Å². The zero-order valence-electron chi connectivity index (χ0n) is 50.0. The third-order valence-electron chi connectivity index (χ3n) is 12.5. The van der Waals surface area contributed by atoms with Crippen LogP contribution in [0.5, 0.6) is 0 Å². The fraction of sp³-hybridized carbons (Fsp3) is 0.737. The lowest BCUT2D eigenvalue weighted by atomic mass is 9.85. The van der Waals surface area contributed by atoms with Crippen molar-refractivity contribution >= 4 is 67.7 Å². The summed E-state index contributed by atoms with van der Waals surface area (Å²) in [5.41, 5.74) is -3.87. The Morgan fingerprint density at radius 2 is 1.17 bits per heavy atom. The van der Waals surface area contributed by atoms with Gasteiger partial charge < -0.3 is 52.3 Å². The smallest absolute Gasteiger partial charge is 0.254 e. The molecule has 2 unspecified atom stereocenters. The highest BCUT2D eigenvalue weighted by molar-refractivity contribution is 7.27. The zero-order chi connectivity index (χ0) is 59.0. The van der Waals surface area contributed by atoms with Crippen LogP contribution < -0.4 is 47.8 Å². The lowest BCUT2D eigenvalue weighted by Crippen LogP contribution is -2.64. The van der Waals surface area contributed by atoms with Gasteiger partial charge in [0.1, 0.15) is 34.7 Å². The Labute approximate surface area is 464 Å². The van der Waals surface area contributed by atoms with Gasteiger partial charge in [-0.3, -0.25) is 43.2 Å². The first-order valence-corrected chi connectivity index (χ1v) is 28.4. The van der Waals surface area contributed by atoms with E-state index < -0.39 is 95.1 Å². The van der Waals surface area contributed by atoms with E-state index in [-0.39, 0.29) is 24.2 Å². The van der Waals surface area contributed by atoms with Gasteiger partial charge in [0.25, 0.3) is 5.91 Å². The summed E-state index contributed by atoms with van der Waals surface area (Å²) in [5, 5.41) is 22.3. The molecule has 20 heteroatoms. The fourth-order valence-corrected chi connectivity index (χ4v) is 8.55. The molecule has 19 nitrogen and oxygen atoms in total. The van der Waals surface area contributed by atoms with Gasteiger partial charge in [0, 0.05) is 25.2 Å². The molecule has 438 valence electrons. The predicted molar refractivity (Wildman–Crippen MR) is 309 cm³/mol. The molecule has 0 bridgehead atoms. The van der Waals surface area contributed by atoms with Crippen molar-refractivity contribution < 1.29 is 43.2 Å². The first kappa shape index (κ1) is 69.9. The van der Waals surface area contributed by atoms with Crippen molar-refractivity contribution in [3.05, 3.63) is 29.8 Å². The monoisotopic (exact) mass is 1100 g/mol. The molecule has 1 aliphatic carbocycles. The van der Waals surface area contributed by atoms with Gasteiger partial charge in [-0.2, -0.15) is 0 Å². The molecule has 8 N–H and O–H groups in total. The Balaban J connectivity index is 0.00000345. The Morgan fingerprint density at radius 1 is 0.649 bits per heavy atom. The van der Waals surface area contributed by atoms with E-state index in [0.29, 0.717) is 50.4 Å². The molecule has 3 rings (SSSR count). The molecule has 1 aliphatic heterocycles. The maximum atomic E-state index is 13.9. The van der Waals surface area contributed by atoms with Gasteiger partial charge in [-0.15, -0.1) is 9.24 Å². The summed E-state index contributed by atoms with van der Waals surface area (Å²) < 4.78 is 0. The van der Waals surface area contributed by atoms with Crippen molar-refractivity contribution in [2.24, 2.45) is 29.6 Å². The normalized spacial score (nSPS) is 16.7. The van der Waals surface area contributed by atoms with Crippen LogP contribution in [0.1, 0.15) is 172 Å². The van der Waals surface area contributed by atoms with Crippen molar-refractivity contribution in [2.45, 2.75) is 196 Å². The van der Waals surface area contributed by atoms with Crippen LogP contribution in [0.3, 0.4) is 0 Å². The van der Waals surface area contributed by atoms with Crippen LogP contribution >= 0.6 is 9.24 Å². The van der Waals surface area contributed by atoms with Crippen LogP contribution in [-0.4, -0.2) is 145 Å². The highest BCUT2D eigenvalue weighted by Gasteiger charge is 2.41. The molecule has 0 aromatic heterocycles. The molecule has 1 saturated carbocycles. The number of nitrogens with zero attached hydrogens (tertiary/aromatic N) is 2. The summed E-state index contributed by atoms with van der Waals surface area (Å²) in [6.45, 7) is 27.9. The lowest BCUT2D eigenvalue weighted by Gasteiger charge is -2.33. The molecule has 0 radical (unpaired) electrons. The van der Waals surface area contributed by atoms with Crippen LogP contribution in [0.4, 0.5) is 0 Å². The highest BCUT2D eigenvalue weighted by atomic mass is 31.0. The van der Waals surface area contributed by atoms with Crippen molar-refractivity contribution in [1.29, 1.82) is 0 Å². The number of likely N-dealkylation sites (N-methyl/N-ethyl adjacent to an activating group) is 1. The number of hydrogen-bond donors (Lipinski definition) is 8. The van der Waals surface area contributed by atoms with Gasteiger partial charge in [-0.25, -0.2) is 0 Å². The van der Waals surface area contributed by atoms with E-state index in [2.05, 4.69) is 93.3 Å². The largest absolute Gasteiger partial charge is 0.353 e. The second-order valence-electron chi connectivity index (χ2n) is 24.6. The van der Waals surface area contributed by atoms with E-state index >= 15 is 0 Å². The molecule has 1 aromatic rings. The van der Waals surface area contributed by atoms with Crippen LogP contribution in [0.25, 0.3) is 0 Å². The van der Waals surface area contributed by atoms with Gasteiger partial charge in [0.15, 0.2) is 0 Å². The van der Waals surface area contributed by atoms with Crippen LogP contribution in [-0.2, 0) is 38.4 Å². The number of likely N-dealkylation sites (tertiary alicyclic amines) is 1. The van der Waals surface area contributed by atoms with Crippen molar-refractivity contribution in [1.82, 2.24) is 52.3 Å². The topological polar surface area (TPSA) is 256 Å². The van der Waals surface area contributed by atoms with Crippen molar-refractivity contribution in [2.75, 3.05) is 46.8 Å². The number of carbonyl (C=O) groups is 9. The minimum atomic E-state index is -1.55. The third kappa shape index (κ3) is 27.3. The number of carbonyl (C=O) groups excluding carboxylic acids is 9. The summed E-state index contributed by atoms with van der Waals surface area (Å²) in [6, 6.07) is 4.22. The molecule has 1 aromatic carbocycles. The van der Waals surface area contributed by atoms with Crippen LogP contribution in [0, 0.1) is 29.6 Å². The molecule has 77 heavy (non-hydrogen) atoms. The first-order chi connectivity index (χ1) is 35.6. The van der Waals surface area contributed by atoms with E-state index in [1.54, 1.807) is 30.9 Å². The van der Waals surface area contributed by atoms with Gasteiger partial charge in [0.2, 0.25) is 47.3 Å². The number of nitrogens with one attached hydrogen (secondary N) is 8. The molecule has 2 fully saturated rings. The Morgan fingerprint density at radius 3 is 1.71 bits per heavy atom. The average molecular weight is 1100 g/mol. The maximum Gasteiger partial charge on any atom is 0.254 e. The second-order valence-corrected chi connectivity index (χ2v) is 25.3. The van der Waals surface area contributed by atoms with E-state index in [1.165, 1.54) is 27.7 Å². The van der Waals surface area contributed by atoms with Crippen molar-refractivity contribution in [3.63, 3.8) is 0 Å². The molecule has 0 spiro atoms. The van der Waals surface area contributed by atoms with Crippen LogP contribution in [0.15, 0.2) is 24.3 Å². The quantitative estimate of drug-likeness (QED) is 0.0680. The summed E-state index contributed by atoms with van der Waals surface area (Å²) >= 11 is 0. The molecular formula is C57H101N10O9P. The molecular weight excluding hydrogens is 1000 g/mol. The first-order valence-electron chi connectivity index (χ1n) is 27.8. The summed E-state index contributed by atoms with van der Waals surface area (Å²) in [7, 11) is 6.32. The van der Waals surface area contributed by atoms with E-state index in [1.807, 2.05) is 51.9 Å². The van der Waals surface area contributed by atoms with E-state index in [9.17, 15) is 43.2 Å². The predicted octanol–water partition coefficient (Wildman–Crippen LogP) is 4.33. The Hall–Kier alpha value is -5.16. The van der Waals surface area contributed by atoms with E-state index in [4.69, 9.17) is 0 Å².